The van der Waals surface area contributed by atoms with Gasteiger partial charge in [0.05, 0.1) is 11.4 Å². The van der Waals surface area contributed by atoms with Gasteiger partial charge in [-0.2, -0.15) is 0 Å². The fourth-order valence-electron chi connectivity index (χ4n) is 3.64. The predicted octanol–water partition coefficient (Wildman–Crippen LogP) is 3.38. The molecule has 2 fully saturated rings. The van der Waals surface area contributed by atoms with Crippen LogP contribution in [-0.2, 0) is 9.59 Å². The summed E-state index contributed by atoms with van der Waals surface area (Å²) in [5, 5.41) is 6.07. The van der Waals surface area contributed by atoms with E-state index in [0.29, 0.717) is 10.7 Å². The van der Waals surface area contributed by atoms with Crippen LogP contribution in [-0.4, -0.2) is 47.9 Å². The second-order valence-corrected chi connectivity index (χ2v) is 8.31. The second-order valence-electron chi connectivity index (χ2n) is 7.87. The van der Waals surface area contributed by atoms with Crippen LogP contribution in [0.3, 0.4) is 0 Å². The lowest BCUT2D eigenvalue weighted by Crippen LogP contribution is -2.40. The Morgan fingerprint density at radius 2 is 1.86 bits per heavy atom. The monoisotopic (exact) mass is 406 g/mol. The van der Waals surface area contributed by atoms with Crippen LogP contribution in [0.4, 0.5) is 16.2 Å². The van der Waals surface area contributed by atoms with Gasteiger partial charge in [0.15, 0.2) is 0 Å². The van der Waals surface area contributed by atoms with Gasteiger partial charge >= 0.3 is 6.03 Å². The molecule has 2 saturated heterocycles. The van der Waals surface area contributed by atoms with Gasteiger partial charge in [-0.25, -0.2) is 4.79 Å². The highest BCUT2D eigenvalue weighted by atomic mass is 35.5. The lowest BCUT2D eigenvalue weighted by Gasteiger charge is -2.26. The number of imide groups is 1. The second kappa shape index (κ2) is 8.39. The fourth-order valence-corrected chi connectivity index (χ4v) is 3.81. The van der Waals surface area contributed by atoms with Gasteiger partial charge < -0.3 is 15.5 Å². The average molecular weight is 407 g/mol. The topological polar surface area (TPSA) is 81.8 Å². The van der Waals surface area contributed by atoms with Crippen LogP contribution in [0, 0.1) is 0 Å². The molecule has 0 aromatic heterocycles. The highest BCUT2D eigenvalue weighted by Gasteiger charge is 2.44. The number of rotatable bonds is 5. The van der Waals surface area contributed by atoms with Crippen molar-refractivity contribution in [3.63, 3.8) is 0 Å². The molecule has 0 radical (unpaired) electrons. The van der Waals surface area contributed by atoms with Gasteiger partial charge in [-0.05, 0) is 44.9 Å². The van der Waals surface area contributed by atoms with E-state index in [1.807, 2.05) is 12.1 Å². The Kier molecular flexibility index (Phi) is 6.13. The molecule has 0 saturated carbocycles. The Morgan fingerprint density at radius 3 is 2.46 bits per heavy atom. The molecule has 0 atom stereocenters. The van der Waals surface area contributed by atoms with Gasteiger partial charge in [-0.15, -0.1) is 0 Å². The van der Waals surface area contributed by atoms with Crippen molar-refractivity contribution in [1.29, 1.82) is 0 Å². The lowest BCUT2D eigenvalue weighted by atomic mass is 10.1. The van der Waals surface area contributed by atoms with Crippen LogP contribution in [0.15, 0.2) is 18.2 Å². The first-order chi connectivity index (χ1) is 13.3. The summed E-state index contributed by atoms with van der Waals surface area (Å²) in [5.41, 5.74) is 0.688. The van der Waals surface area contributed by atoms with Crippen LogP contribution in [0.1, 0.15) is 46.0 Å². The van der Waals surface area contributed by atoms with Crippen molar-refractivity contribution in [3.05, 3.63) is 23.2 Å². The van der Waals surface area contributed by atoms with Gasteiger partial charge in [-0.3, -0.25) is 14.5 Å². The number of hydrogen-bond donors (Lipinski definition) is 2. The number of halogens is 1. The van der Waals surface area contributed by atoms with Crippen LogP contribution in [0.5, 0.6) is 0 Å². The maximum absolute atomic E-state index is 12.5. The van der Waals surface area contributed by atoms with Crippen molar-refractivity contribution in [2.24, 2.45) is 0 Å². The van der Waals surface area contributed by atoms with Gasteiger partial charge in [0.25, 0.3) is 5.91 Å². The van der Waals surface area contributed by atoms with Crippen molar-refractivity contribution in [2.45, 2.75) is 51.5 Å². The molecule has 0 unspecified atom stereocenters. The molecule has 7 nitrogen and oxygen atoms in total. The normalized spacial score (nSPS) is 19.4. The zero-order valence-electron chi connectivity index (χ0n) is 16.4. The molecule has 28 heavy (non-hydrogen) atoms. The highest BCUT2D eigenvalue weighted by molar-refractivity contribution is 6.31. The molecule has 0 aliphatic carbocycles. The molecule has 0 spiro atoms. The minimum absolute atomic E-state index is 0.0290. The summed E-state index contributed by atoms with van der Waals surface area (Å²) in [4.78, 5) is 40.1. The van der Waals surface area contributed by atoms with E-state index < -0.39 is 11.6 Å². The smallest absolute Gasteiger partial charge is 0.325 e. The van der Waals surface area contributed by atoms with Crippen LogP contribution in [0.25, 0.3) is 0 Å². The summed E-state index contributed by atoms with van der Waals surface area (Å²) < 4.78 is 0. The van der Waals surface area contributed by atoms with E-state index in [2.05, 4.69) is 15.5 Å². The van der Waals surface area contributed by atoms with Crippen LogP contribution in [0.2, 0.25) is 5.02 Å². The number of hydrogen-bond acceptors (Lipinski definition) is 4. The van der Waals surface area contributed by atoms with E-state index in [-0.39, 0.29) is 24.8 Å². The van der Waals surface area contributed by atoms with Crippen LogP contribution >= 0.6 is 11.6 Å². The molecular weight excluding hydrogens is 380 g/mol. The summed E-state index contributed by atoms with van der Waals surface area (Å²) in [6.45, 7) is 5.23. The van der Waals surface area contributed by atoms with Gasteiger partial charge in [0.2, 0.25) is 5.91 Å². The summed E-state index contributed by atoms with van der Waals surface area (Å²) in [5.74, 6) is -0.582. The average Bonchev–Trinajstić information content (AvgIpc) is 2.81. The van der Waals surface area contributed by atoms with Crippen molar-refractivity contribution < 1.29 is 14.4 Å². The van der Waals surface area contributed by atoms with Gasteiger partial charge in [0.1, 0.15) is 5.54 Å². The van der Waals surface area contributed by atoms with E-state index >= 15 is 0 Å². The molecule has 2 N–H and O–H groups in total. The SMILES string of the molecule is CC1(C)NC(=O)N(CCC(=O)Nc2cc(Cl)ccc2N2CCCCCC2)C1=O. The van der Waals surface area contributed by atoms with Crippen molar-refractivity contribution in [1.82, 2.24) is 10.2 Å². The molecular formula is C20H27ClN4O3. The maximum Gasteiger partial charge on any atom is 0.325 e. The maximum atomic E-state index is 12.5. The third-order valence-corrected chi connectivity index (χ3v) is 5.42. The fraction of sp³-hybridized carbons (Fsp3) is 0.550. The first-order valence-electron chi connectivity index (χ1n) is 9.76. The van der Waals surface area contributed by atoms with E-state index in [1.165, 1.54) is 12.8 Å². The number of nitrogens with one attached hydrogen (secondary N) is 2. The van der Waals surface area contributed by atoms with E-state index in [9.17, 15) is 14.4 Å². The third kappa shape index (κ3) is 4.58. The van der Waals surface area contributed by atoms with E-state index in [4.69, 9.17) is 11.6 Å². The Morgan fingerprint density at radius 1 is 1.18 bits per heavy atom. The molecule has 8 heteroatoms. The molecule has 2 aliphatic rings. The zero-order valence-corrected chi connectivity index (χ0v) is 17.1. The summed E-state index contributed by atoms with van der Waals surface area (Å²) >= 11 is 6.15. The number of amides is 4. The number of benzene rings is 1. The molecule has 0 bridgehead atoms. The van der Waals surface area contributed by atoms with E-state index in [0.717, 1.165) is 36.5 Å². The first kappa shape index (κ1) is 20.5. The number of carbonyl (C=O) groups is 3. The Hall–Kier alpha value is -2.28. The molecule has 2 heterocycles. The zero-order chi connectivity index (χ0) is 20.3. The van der Waals surface area contributed by atoms with E-state index in [1.54, 1.807) is 19.9 Å². The van der Waals surface area contributed by atoms with Crippen LogP contribution < -0.4 is 15.5 Å². The number of nitrogens with zero attached hydrogens (tertiary/aromatic N) is 2. The van der Waals surface area contributed by atoms with Gasteiger partial charge in [-0.1, -0.05) is 24.4 Å². The third-order valence-electron chi connectivity index (χ3n) is 5.19. The lowest BCUT2D eigenvalue weighted by molar-refractivity contribution is -0.130. The van der Waals surface area contributed by atoms with Crippen molar-refractivity contribution in [2.75, 3.05) is 29.9 Å². The Labute approximate surface area is 170 Å². The minimum Gasteiger partial charge on any atom is -0.370 e. The van der Waals surface area contributed by atoms with Crippen molar-refractivity contribution >= 4 is 40.8 Å². The number of anilines is 2. The number of urea groups is 1. The largest absolute Gasteiger partial charge is 0.370 e. The number of carbonyl (C=O) groups excluding carboxylic acids is 3. The summed E-state index contributed by atoms with van der Waals surface area (Å²) in [6, 6.07) is 5.04. The highest BCUT2D eigenvalue weighted by Crippen LogP contribution is 2.31. The summed E-state index contributed by atoms with van der Waals surface area (Å²) in [7, 11) is 0. The molecule has 3 rings (SSSR count). The molecule has 2 aliphatic heterocycles. The summed E-state index contributed by atoms with van der Waals surface area (Å²) in [6.07, 6.45) is 4.71. The molecule has 1 aromatic carbocycles. The quantitative estimate of drug-likeness (QED) is 0.734. The van der Waals surface area contributed by atoms with Gasteiger partial charge in [0, 0.05) is 31.1 Å². The Balaban J connectivity index is 1.66. The first-order valence-corrected chi connectivity index (χ1v) is 10.1. The molecule has 1 aromatic rings. The predicted molar refractivity (Wildman–Crippen MR) is 110 cm³/mol. The van der Waals surface area contributed by atoms with Crippen molar-refractivity contribution in [3.8, 4) is 0 Å². The molecule has 4 amide bonds. The standard InChI is InChI=1S/C20H27ClN4O3/c1-20(2)18(27)25(19(28)23-20)12-9-17(26)22-15-13-14(21)7-8-16(15)24-10-5-3-4-6-11-24/h7-8,13H,3-6,9-12H2,1-2H3,(H,22,26)(H,23,28). The Bertz CT molecular complexity index is 773. The molecule has 152 valence electrons. The minimum atomic E-state index is -0.930.